The van der Waals surface area contributed by atoms with E-state index in [-0.39, 0.29) is 11.9 Å². The highest BCUT2D eigenvalue weighted by Gasteiger charge is 2.10. The van der Waals surface area contributed by atoms with Crippen molar-refractivity contribution >= 4 is 22.5 Å². The van der Waals surface area contributed by atoms with E-state index in [1.54, 1.807) is 0 Å². The number of benzene rings is 2. The van der Waals surface area contributed by atoms with Crippen LogP contribution in [0.4, 0.5) is 10.5 Å². The summed E-state index contributed by atoms with van der Waals surface area (Å²) >= 11 is 0. The average Bonchev–Trinajstić information content (AvgIpc) is 2.90. The molecule has 0 aliphatic carbocycles. The topological polar surface area (TPSA) is 59.0 Å². The summed E-state index contributed by atoms with van der Waals surface area (Å²) in [6, 6.07) is 15.8. The molecule has 2 aromatic carbocycles. The number of urea groups is 1. The van der Waals surface area contributed by atoms with Gasteiger partial charge in [0.1, 0.15) is 0 Å². The molecule has 0 unspecified atom stereocenters. The Bertz CT molecular complexity index is 879. The van der Waals surface area contributed by atoms with Gasteiger partial charge in [-0.05, 0) is 37.3 Å². The van der Waals surface area contributed by atoms with Crippen LogP contribution in [0, 0.1) is 19.8 Å². The summed E-state index contributed by atoms with van der Waals surface area (Å²) in [6.45, 7) is 7.52. The molecule has 0 saturated heterocycles. The van der Waals surface area contributed by atoms with Crippen molar-refractivity contribution in [3.8, 4) is 0 Å². The van der Waals surface area contributed by atoms with Gasteiger partial charge in [-0.3, -0.25) is 4.68 Å². The van der Waals surface area contributed by atoms with Crippen molar-refractivity contribution in [2.75, 3.05) is 11.9 Å². The standard InChI is InChI=1S/C20H24N4O/c1-14(13-24-16(3)11-15(2)23-24)12-21-20(25)22-19-10-6-8-17-7-4-5-9-18(17)19/h4-11,14H,12-13H2,1-3H3,(H2,21,22,25)/t14-/m0/s1. The molecule has 3 rings (SSSR count). The molecule has 0 bridgehead atoms. The summed E-state index contributed by atoms with van der Waals surface area (Å²) in [5, 5.41) is 12.5. The smallest absolute Gasteiger partial charge is 0.319 e. The van der Waals surface area contributed by atoms with Crippen molar-refractivity contribution in [2.45, 2.75) is 27.3 Å². The van der Waals surface area contributed by atoms with Gasteiger partial charge in [-0.25, -0.2) is 4.79 Å². The number of hydrogen-bond donors (Lipinski definition) is 2. The molecule has 0 aliphatic heterocycles. The molecule has 3 aromatic rings. The zero-order valence-corrected chi connectivity index (χ0v) is 14.9. The third-order valence-corrected chi connectivity index (χ3v) is 4.24. The second-order valence-electron chi connectivity index (χ2n) is 6.58. The predicted octanol–water partition coefficient (Wildman–Crippen LogP) is 4.11. The number of aryl methyl sites for hydroxylation is 2. The van der Waals surface area contributed by atoms with Crippen LogP contribution in [0.5, 0.6) is 0 Å². The Kier molecular flexibility index (Phi) is 5.03. The Balaban J connectivity index is 1.56. The number of carbonyl (C=O) groups excluding carboxylic acids is 1. The first-order chi connectivity index (χ1) is 12.0. The number of nitrogens with one attached hydrogen (secondary N) is 2. The van der Waals surface area contributed by atoms with E-state index in [1.165, 1.54) is 0 Å². The number of hydrogen-bond acceptors (Lipinski definition) is 2. The van der Waals surface area contributed by atoms with Gasteiger partial charge in [0.25, 0.3) is 0 Å². The predicted molar refractivity (Wildman–Crippen MR) is 102 cm³/mol. The SMILES string of the molecule is Cc1cc(C)n(C[C@@H](C)CNC(=O)Nc2cccc3ccccc23)n1. The van der Waals surface area contributed by atoms with Crippen molar-refractivity contribution < 1.29 is 4.79 Å². The molecule has 5 nitrogen and oxygen atoms in total. The number of rotatable bonds is 5. The maximum atomic E-state index is 12.2. The largest absolute Gasteiger partial charge is 0.338 e. The summed E-state index contributed by atoms with van der Waals surface area (Å²) < 4.78 is 1.99. The fourth-order valence-electron chi connectivity index (χ4n) is 2.99. The molecule has 0 saturated carbocycles. The van der Waals surface area contributed by atoms with E-state index in [0.717, 1.165) is 34.4 Å². The van der Waals surface area contributed by atoms with Crippen LogP contribution >= 0.6 is 0 Å². The molecular weight excluding hydrogens is 312 g/mol. The van der Waals surface area contributed by atoms with Gasteiger partial charge in [0.2, 0.25) is 0 Å². The van der Waals surface area contributed by atoms with Crippen LogP contribution in [0.1, 0.15) is 18.3 Å². The van der Waals surface area contributed by atoms with E-state index in [9.17, 15) is 4.79 Å². The summed E-state index contributed by atoms with van der Waals surface area (Å²) in [5.74, 6) is 0.288. The van der Waals surface area contributed by atoms with Crippen LogP contribution in [0.15, 0.2) is 48.5 Å². The quantitative estimate of drug-likeness (QED) is 0.736. The van der Waals surface area contributed by atoms with Crippen molar-refractivity contribution in [1.29, 1.82) is 0 Å². The highest BCUT2D eigenvalue weighted by Crippen LogP contribution is 2.22. The molecule has 25 heavy (non-hydrogen) atoms. The van der Waals surface area contributed by atoms with E-state index in [2.05, 4.69) is 28.7 Å². The fourth-order valence-corrected chi connectivity index (χ4v) is 2.99. The van der Waals surface area contributed by atoms with Crippen LogP contribution in [0.2, 0.25) is 0 Å². The monoisotopic (exact) mass is 336 g/mol. The van der Waals surface area contributed by atoms with E-state index >= 15 is 0 Å². The van der Waals surface area contributed by atoms with Gasteiger partial charge >= 0.3 is 6.03 Å². The zero-order valence-electron chi connectivity index (χ0n) is 14.9. The molecule has 0 aliphatic rings. The van der Waals surface area contributed by atoms with E-state index < -0.39 is 0 Å². The van der Waals surface area contributed by atoms with Crippen LogP contribution in [0.3, 0.4) is 0 Å². The Labute approximate surface area is 148 Å². The Hall–Kier alpha value is -2.82. The molecule has 1 heterocycles. The number of fused-ring (bicyclic) bond motifs is 1. The number of aromatic nitrogens is 2. The molecule has 5 heteroatoms. The normalized spacial score (nSPS) is 12.1. The van der Waals surface area contributed by atoms with Gasteiger partial charge < -0.3 is 10.6 Å². The third-order valence-electron chi connectivity index (χ3n) is 4.24. The molecule has 2 amide bonds. The lowest BCUT2D eigenvalue weighted by Crippen LogP contribution is -2.33. The minimum Gasteiger partial charge on any atom is -0.338 e. The van der Waals surface area contributed by atoms with Gasteiger partial charge in [-0.2, -0.15) is 5.10 Å². The maximum Gasteiger partial charge on any atom is 0.319 e. The van der Waals surface area contributed by atoms with Gasteiger partial charge in [0, 0.05) is 24.2 Å². The molecular formula is C20H24N4O. The Morgan fingerprint density at radius 1 is 1.16 bits per heavy atom. The molecule has 1 atom stereocenters. The highest BCUT2D eigenvalue weighted by atomic mass is 16.2. The van der Waals surface area contributed by atoms with Gasteiger partial charge in [0.15, 0.2) is 0 Å². The fraction of sp³-hybridized carbons (Fsp3) is 0.300. The van der Waals surface area contributed by atoms with E-state index in [4.69, 9.17) is 0 Å². The van der Waals surface area contributed by atoms with Crippen molar-refractivity contribution in [3.63, 3.8) is 0 Å². The summed E-state index contributed by atoms with van der Waals surface area (Å²) in [7, 11) is 0. The molecule has 1 aromatic heterocycles. The van der Waals surface area contributed by atoms with Gasteiger partial charge in [-0.15, -0.1) is 0 Å². The Morgan fingerprint density at radius 2 is 1.92 bits per heavy atom. The Morgan fingerprint density at radius 3 is 2.68 bits per heavy atom. The van der Waals surface area contributed by atoms with Crippen LogP contribution in [0.25, 0.3) is 10.8 Å². The van der Waals surface area contributed by atoms with Crippen molar-refractivity contribution in [2.24, 2.45) is 5.92 Å². The molecule has 0 fully saturated rings. The number of anilines is 1. The van der Waals surface area contributed by atoms with E-state index in [1.807, 2.05) is 61.0 Å². The summed E-state index contributed by atoms with van der Waals surface area (Å²) in [6.07, 6.45) is 0. The van der Waals surface area contributed by atoms with Crippen LogP contribution in [-0.4, -0.2) is 22.4 Å². The second kappa shape index (κ2) is 7.38. The lowest BCUT2D eigenvalue weighted by molar-refractivity contribution is 0.249. The lowest BCUT2D eigenvalue weighted by atomic mass is 10.1. The second-order valence-corrected chi connectivity index (χ2v) is 6.58. The van der Waals surface area contributed by atoms with Gasteiger partial charge in [0.05, 0.1) is 11.4 Å². The molecule has 0 radical (unpaired) electrons. The number of carbonyl (C=O) groups is 1. The minimum atomic E-state index is -0.184. The molecule has 2 N–H and O–H groups in total. The molecule has 130 valence electrons. The lowest BCUT2D eigenvalue weighted by Gasteiger charge is -2.15. The van der Waals surface area contributed by atoms with E-state index in [0.29, 0.717) is 6.54 Å². The third kappa shape index (κ3) is 4.18. The van der Waals surface area contributed by atoms with Crippen molar-refractivity contribution in [1.82, 2.24) is 15.1 Å². The van der Waals surface area contributed by atoms with Crippen LogP contribution < -0.4 is 10.6 Å². The summed E-state index contributed by atoms with van der Waals surface area (Å²) in [4.78, 5) is 12.2. The first-order valence-electron chi connectivity index (χ1n) is 8.56. The first kappa shape index (κ1) is 17.0. The van der Waals surface area contributed by atoms with Gasteiger partial charge in [-0.1, -0.05) is 43.3 Å². The number of amides is 2. The average molecular weight is 336 g/mol. The zero-order chi connectivity index (χ0) is 17.8. The highest BCUT2D eigenvalue weighted by molar-refractivity contribution is 6.01. The van der Waals surface area contributed by atoms with Crippen molar-refractivity contribution in [3.05, 3.63) is 59.9 Å². The first-order valence-corrected chi connectivity index (χ1v) is 8.56. The minimum absolute atomic E-state index is 0.184. The molecule has 0 spiro atoms. The number of nitrogens with zero attached hydrogens (tertiary/aromatic N) is 2. The summed E-state index contributed by atoms with van der Waals surface area (Å²) in [5.41, 5.74) is 2.98. The maximum absolute atomic E-state index is 12.2. The van der Waals surface area contributed by atoms with Crippen LogP contribution in [-0.2, 0) is 6.54 Å².